The molecule has 0 bridgehead atoms. The van der Waals surface area contributed by atoms with Crippen LogP contribution in [0.3, 0.4) is 0 Å². The zero-order valence-electron chi connectivity index (χ0n) is 9.24. The number of benzene rings is 1. The molecule has 4 nitrogen and oxygen atoms in total. The summed E-state index contributed by atoms with van der Waals surface area (Å²) in [6.45, 7) is 2.62. The standard InChI is InChI=1S/C11H12F2N4/c1-2-17-6-5-9(16-17)15-11-8(14)4-3-7(12)10(11)13/h3-6H,2,14H2,1H3,(H,15,16). The maximum Gasteiger partial charge on any atom is 0.184 e. The first kappa shape index (κ1) is 11.4. The lowest BCUT2D eigenvalue weighted by Crippen LogP contribution is -2.03. The van der Waals surface area contributed by atoms with Crippen LogP contribution < -0.4 is 11.1 Å². The van der Waals surface area contributed by atoms with Gasteiger partial charge in [-0.1, -0.05) is 0 Å². The van der Waals surface area contributed by atoms with E-state index in [1.54, 1.807) is 16.9 Å². The third-order valence-electron chi connectivity index (χ3n) is 2.34. The minimum atomic E-state index is -1.00. The van der Waals surface area contributed by atoms with E-state index >= 15 is 0 Å². The van der Waals surface area contributed by atoms with Gasteiger partial charge in [0.25, 0.3) is 0 Å². The van der Waals surface area contributed by atoms with Gasteiger partial charge in [0.1, 0.15) is 5.69 Å². The average Bonchev–Trinajstić information content (AvgIpc) is 2.77. The third-order valence-corrected chi connectivity index (χ3v) is 2.34. The first-order valence-electron chi connectivity index (χ1n) is 5.15. The van der Waals surface area contributed by atoms with Crippen LogP contribution in [0.5, 0.6) is 0 Å². The zero-order chi connectivity index (χ0) is 12.4. The summed E-state index contributed by atoms with van der Waals surface area (Å²) in [5.74, 6) is -1.53. The van der Waals surface area contributed by atoms with Gasteiger partial charge in [0, 0.05) is 18.8 Å². The van der Waals surface area contributed by atoms with Gasteiger partial charge in [0.15, 0.2) is 17.5 Å². The van der Waals surface area contributed by atoms with E-state index in [4.69, 9.17) is 5.73 Å². The number of aromatic nitrogens is 2. The number of nitrogens with two attached hydrogens (primary N) is 1. The molecule has 2 aromatic rings. The van der Waals surface area contributed by atoms with Crippen LogP contribution in [0.1, 0.15) is 6.92 Å². The Morgan fingerprint density at radius 1 is 1.35 bits per heavy atom. The van der Waals surface area contributed by atoms with Gasteiger partial charge in [-0.3, -0.25) is 4.68 Å². The molecule has 3 N–H and O–H groups in total. The van der Waals surface area contributed by atoms with Gasteiger partial charge in [-0.15, -0.1) is 0 Å². The fourth-order valence-corrected chi connectivity index (χ4v) is 1.43. The summed E-state index contributed by atoms with van der Waals surface area (Å²) in [7, 11) is 0. The summed E-state index contributed by atoms with van der Waals surface area (Å²) in [6, 6.07) is 3.95. The lowest BCUT2D eigenvalue weighted by molar-refractivity contribution is 0.512. The summed E-state index contributed by atoms with van der Waals surface area (Å²) in [5.41, 5.74) is 5.62. The van der Waals surface area contributed by atoms with Gasteiger partial charge in [0.2, 0.25) is 0 Å². The van der Waals surface area contributed by atoms with Crippen molar-refractivity contribution in [1.82, 2.24) is 9.78 Å². The van der Waals surface area contributed by atoms with Crippen LogP contribution in [0.2, 0.25) is 0 Å². The van der Waals surface area contributed by atoms with Crippen molar-refractivity contribution in [2.45, 2.75) is 13.5 Å². The Labute approximate surface area is 97.0 Å². The van der Waals surface area contributed by atoms with Gasteiger partial charge in [-0.05, 0) is 19.1 Å². The van der Waals surface area contributed by atoms with Crippen molar-refractivity contribution >= 4 is 17.2 Å². The van der Waals surface area contributed by atoms with E-state index in [1.807, 2.05) is 6.92 Å². The largest absolute Gasteiger partial charge is 0.397 e. The highest BCUT2D eigenvalue weighted by molar-refractivity contribution is 5.71. The number of anilines is 3. The third kappa shape index (κ3) is 2.20. The Morgan fingerprint density at radius 3 is 2.76 bits per heavy atom. The van der Waals surface area contributed by atoms with Crippen LogP contribution in [-0.2, 0) is 6.54 Å². The van der Waals surface area contributed by atoms with Crippen molar-refractivity contribution in [2.24, 2.45) is 0 Å². The number of hydrogen-bond acceptors (Lipinski definition) is 3. The summed E-state index contributed by atoms with van der Waals surface area (Å²) in [6.07, 6.45) is 1.73. The maximum absolute atomic E-state index is 13.5. The van der Waals surface area contributed by atoms with Crippen molar-refractivity contribution in [3.8, 4) is 0 Å². The fraction of sp³-hybridized carbons (Fsp3) is 0.182. The van der Waals surface area contributed by atoms with Crippen LogP contribution in [0.15, 0.2) is 24.4 Å². The fourth-order valence-electron chi connectivity index (χ4n) is 1.43. The summed E-state index contributed by atoms with van der Waals surface area (Å²) in [4.78, 5) is 0. The second kappa shape index (κ2) is 4.40. The van der Waals surface area contributed by atoms with E-state index in [0.29, 0.717) is 12.4 Å². The Kier molecular flexibility index (Phi) is 2.95. The topological polar surface area (TPSA) is 55.9 Å². The highest BCUT2D eigenvalue weighted by Crippen LogP contribution is 2.27. The van der Waals surface area contributed by atoms with Crippen LogP contribution in [0.4, 0.5) is 26.0 Å². The minimum Gasteiger partial charge on any atom is -0.397 e. The van der Waals surface area contributed by atoms with Gasteiger partial charge in [-0.25, -0.2) is 8.78 Å². The van der Waals surface area contributed by atoms with E-state index in [2.05, 4.69) is 10.4 Å². The first-order valence-corrected chi connectivity index (χ1v) is 5.15. The number of nitrogen functional groups attached to an aromatic ring is 1. The molecule has 0 amide bonds. The molecule has 1 aromatic heterocycles. The number of hydrogen-bond donors (Lipinski definition) is 2. The van der Waals surface area contributed by atoms with Crippen molar-refractivity contribution in [2.75, 3.05) is 11.1 Å². The van der Waals surface area contributed by atoms with Crippen LogP contribution in [0.25, 0.3) is 0 Å². The number of aryl methyl sites for hydroxylation is 1. The molecule has 0 saturated carbocycles. The Bertz CT molecular complexity index is 536. The van der Waals surface area contributed by atoms with E-state index in [-0.39, 0.29) is 11.4 Å². The molecule has 0 aliphatic rings. The average molecular weight is 238 g/mol. The van der Waals surface area contributed by atoms with E-state index < -0.39 is 11.6 Å². The molecular weight excluding hydrogens is 226 g/mol. The number of halogens is 2. The summed E-state index contributed by atoms with van der Waals surface area (Å²) >= 11 is 0. The van der Waals surface area contributed by atoms with Gasteiger partial charge in [-0.2, -0.15) is 5.10 Å². The first-order chi connectivity index (χ1) is 8.11. The van der Waals surface area contributed by atoms with Gasteiger partial charge < -0.3 is 11.1 Å². The van der Waals surface area contributed by atoms with Crippen molar-refractivity contribution < 1.29 is 8.78 Å². The van der Waals surface area contributed by atoms with E-state index in [0.717, 1.165) is 6.07 Å². The second-order valence-electron chi connectivity index (χ2n) is 3.51. The second-order valence-corrected chi connectivity index (χ2v) is 3.51. The number of nitrogens with zero attached hydrogens (tertiary/aromatic N) is 2. The van der Waals surface area contributed by atoms with Crippen LogP contribution in [-0.4, -0.2) is 9.78 Å². The number of rotatable bonds is 3. The monoisotopic (exact) mass is 238 g/mol. The Morgan fingerprint density at radius 2 is 2.12 bits per heavy atom. The van der Waals surface area contributed by atoms with Gasteiger partial charge >= 0.3 is 0 Å². The molecule has 2 rings (SSSR count). The van der Waals surface area contributed by atoms with Crippen LogP contribution >= 0.6 is 0 Å². The lowest BCUT2D eigenvalue weighted by Gasteiger charge is -2.08. The molecular formula is C11H12F2N4. The maximum atomic E-state index is 13.5. The molecule has 1 aromatic carbocycles. The normalized spacial score (nSPS) is 10.5. The van der Waals surface area contributed by atoms with Crippen LogP contribution in [0, 0.1) is 11.6 Å². The van der Waals surface area contributed by atoms with E-state index in [1.165, 1.54) is 6.07 Å². The molecule has 0 atom stereocenters. The highest BCUT2D eigenvalue weighted by atomic mass is 19.2. The molecule has 0 spiro atoms. The lowest BCUT2D eigenvalue weighted by atomic mass is 10.2. The molecule has 0 unspecified atom stereocenters. The highest BCUT2D eigenvalue weighted by Gasteiger charge is 2.12. The molecule has 0 fully saturated rings. The van der Waals surface area contributed by atoms with Crippen molar-refractivity contribution in [3.63, 3.8) is 0 Å². The summed E-state index contributed by atoms with van der Waals surface area (Å²) in [5, 5.41) is 6.76. The predicted molar refractivity (Wildman–Crippen MR) is 62.0 cm³/mol. The summed E-state index contributed by atoms with van der Waals surface area (Å²) < 4.78 is 28.2. The van der Waals surface area contributed by atoms with E-state index in [9.17, 15) is 8.78 Å². The quantitative estimate of drug-likeness (QED) is 0.808. The minimum absolute atomic E-state index is 0.0913. The molecule has 6 heteroatoms. The molecule has 0 saturated heterocycles. The molecule has 1 heterocycles. The molecule has 0 aliphatic heterocycles. The smallest absolute Gasteiger partial charge is 0.184 e. The molecule has 90 valence electrons. The van der Waals surface area contributed by atoms with Crippen molar-refractivity contribution in [3.05, 3.63) is 36.0 Å². The number of nitrogens with one attached hydrogen (secondary N) is 1. The molecule has 17 heavy (non-hydrogen) atoms. The predicted octanol–water partition coefficient (Wildman–Crippen LogP) is 2.51. The van der Waals surface area contributed by atoms with Crippen molar-refractivity contribution in [1.29, 1.82) is 0 Å². The molecule has 0 radical (unpaired) electrons. The Balaban J connectivity index is 2.32. The van der Waals surface area contributed by atoms with Gasteiger partial charge in [0.05, 0.1) is 5.69 Å². The SMILES string of the molecule is CCn1ccc(Nc2c(N)ccc(F)c2F)n1. The Hall–Kier alpha value is -2.11. The molecule has 0 aliphatic carbocycles. The zero-order valence-corrected chi connectivity index (χ0v) is 9.24.